The number of phenolic OH excluding ortho intramolecular Hbond substituents is 1. The van der Waals surface area contributed by atoms with Crippen LogP contribution in [0.25, 0.3) is 0 Å². The maximum Gasteiger partial charge on any atom is 0.117 e. The van der Waals surface area contributed by atoms with E-state index in [2.05, 4.69) is 24.8 Å². The van der Waals surface area contributed by atoms with Crippen LogP contribution in [0.4, 0.5) is 0 Å². The molecule has 2 aromatic rings. The number of piperidine rings is 1. The van der Waals surface area contributed by atoms with Gasteiger partial charge in [0, 0.05) is 6.54 Å². The molecule has 0 spiro atoms. The summed E-state index contributed by atoms with van der Waals surface area (Å²) >= 11 is 0. The monoisotopic (exact) mass is 285 g/mol. The highest BCUT2D eigenvalue weighted by molar-refractivity contribution is 5.33. The Morgan fingerprint density at radius 3 is 2.86 bits per heavy atom. The number of aromatic hydroxyl groups is 1. The normalized spacial score (nSPS) is 26.9. The first-order chi connectivity index (χ1) is 10.1. The van der Waals surface area contributed by atoms with Crippen molar-refractivity contribution in [2.45, 2.75) is 32.2 Å². The minimum absolute atomic E-state index is 0.123. The summed E-state index contributed by atoms with van der Waals surface area (Å²) in [4.78, 5) is 2.45. The number of furan rings is 1. The van der Waals surface area contributed by atoms with Gasteiger partial charge in [0.25, 0.3) is 0 Å². The Bertz CT molecular complexity index is 593. The third-order valence-electron chi connectivity index (χ3n) is 5.03. The molecular weight excluding hydrogens is 262 g/mol. The van der Waals surface area contributed by atoms with E-state index < -0.39 is 0 Å². The van der Waals surface area contributed by atoms with Gasteiger partial charge in [0.15, 0.2) is 0 Å². The zero-order valence-corrected chi connectivity index (χ0v) is 12.7. The van der Waals surface area contributed by atoms with E-state index in [9.17, 15) is 5.11 Å². The van der Waals surface area contributed by atoms with Gasteiger partial charge < -0.3 is 9.52 Å². The zero-order valence-electron chi connectivity index (χ0n) is 12.7. The fourth-order valence-electron chi connectivity index (χ4n) is 3.37. The van der Waals surface area contributed by atoms with E-state index in [1.54, 1.807) is 12.3 Å². The molecule has 2 heterocycles. The lowest BCUT2D eigenvalue weighted by molar-refractivity contribution is 0.0993. The molecule has 0 saturated carbocycles. The number of likely N-dealkylation sites (tertiary alicyclic amines) is 1. The average molecular weight is 285 g/mol. The number of hydrogen-bond donors (Lipinski definition) is 1. The Morgan fingerprint density at radius 2 is 2.19 bits per heavy atom. The quantitative estimate of drug-likeness (QED) is 0.932. The van der Waals surface area contributed by atoms with E-state index in [0.717, 1.165) is 31.8 Å². The van der Waals surface area contributed by atoms with Crippen LogP contribution in [0.15, 0.2) is 47.1 Å². The van der Waals surface area contributed by atoms with Crippen molar-refractivity contribution in [1.82, 2.24) is 4.90 Å². The van der Waals surface area contributed by atoms with E-state index >= 15 is 0 Å². The van der Waals surface area contributed by atoms with Gasteiger partial charge in [0.05, 0.1) is 12.8 Å². The summed E-state index contributed by atoms with van der Waals surface area (Å²) in [6.07, 6.45) is 2.83. The summed E-state index contributed by atoms with van der Waals surface area (Å²) in [6.45, 7) is 7.60. The van der Waals surface area contributed by atoms with Crippen LogP contribution in [0.1, 0.15) is 31.6 Å². The highest BCUT2D eigenvalue weighted by Crippen LogP contribution is 2.40. The van der Waals surface area contributed by atoms with E-state index in [-0.39, 0.29) is 5.41 Å². The molecule has 3 heteroatoms. The summed E-state index contributed by atoms with van der Waals surface area (Å²) in [5.41, 5.74) is 1.37. The highest BCUT2D eigenvalue weighted by atomic mass is 16.3. The van der Waals surface area contributed by atoms with Gasteiger partial charge in [-0.05, 0) is 54.1 Å². The van der Waals surface area contributed by atoms with Gasteiger partial charge in [0.1, 0.15) is 11.5 Å². The summed E-state index contributed by atoms with van der Waals surface area (Å²) in [7, 11) is 0. The number of hydrogen-bond acceptors (Lipinski definition) is 3. The smallest absolute Gasteiger partial charge is 0.117 e. The molecule has 1 aliphatic rings. The molecule has 0 amide bonds. The van der Waals surface area contributed by atoms with E-state index in [1.807, 2.05) is 24.3 Å². The molecule has 0 radical (unpaired) electrons. The van der Waals surface area contributed by atoms with Crippen molar-refractivity contribution in [3.63, 3.8) is 0 Å². The summed E-state index contributed by atoms with van der Waals surface area (Å²) in [5, 5.41) is 9.74. The number of nitrogens with zero attached hydrogens (tertiary/aromatic N) is 1. The minimum Gasteiger partial charge on any atom is -0.508 e. The molecular formula is C18H23NO2. The van der Waals surface area contributed by atoms with Crippen molar-refractivity contribution in [2.24, 2.45) is 5.92 Å². The Hall–Kier alpha value is -1.74. The lowest BCUT2D eigenvalue weighted by Crippen LogP contribution is -2.46. The first kappa shape index (κ1) is 14.2. The second-order valence-electron chi connectivity index (χ2n) is 6.43. The van der Waals surface area contributed by atoms with Gasteiger partial charge in [-0.2, -0.15) is 0 Å². The van der Waals surface area contributed by atoms with Crippen LogP contribution in [0, 0.1) is 5.92 Å². The van der Waals surface area contributed by atoms with Gasteiger partial charge in [-0.3, -0.25) is 4.90 Å². The molecule has 1 aromatic carbocycles. The summed E-state index contributed by atoms with van der Waals surface area (Å²) in [5.74, 6) is 1.92. The molecule has 1 fully saturated rings. The van der Waals surface area contributed by atoms with Crippen LogP contribution >= 0.6 is 0 Å². The largest absolute Gasteiger partial charge is 0.508 e. The lowest BCUT2D eigenvalue weighted by Gasteiger charge is -2.45. The van der Waals surface area contributed by atoms with Crippen molar-refractivity contribution in [3.8, 4) is 5.75 Å². The van der Waals surface area contributed by atoms with Gasteiger partial charge in [-0.15, -0.1) is 0 Å². The number of phenols is 1. The topological polar surface area (TPSA) is 36.6 Å². The van der Waals surface area contributed by atoms with Crippen molar-refractivity contribution >= 4 is 0 Å². The van der Waals surface area contributed by atoms with Crippen LogP contribution in [0.5, 0.6) is 5.75 Å². The number of benzene rings is 1. The molecule has 112 valence electrons. The average Bonchev–Trinajstić information content (AvgIpc) is 2.96. The van der Waals surface area contributed by atoms with E-state index in [1.165, 1.54) is 5.56 Å². The first-order valence-electron chi connectivity index (χ1n) is 7.62. The molecule has 0 aliphatic carbocycles. The molecule has 0 unspecified atom stereocenters. The predicted molar refractivity (Wildman–Crippen MR) is 83.2 cm³/mol. The standard InChI is InChI=1S/C18H23NO2/c1-14-12-19(13-17-7-4-10-21-17)9-8-18(14,2)15-5-3-6-16(20)11-15/h3-7,10-11,14,20H,8-9,12-13H2,1-2H3/t14-,18+/m1/s1. The van der Waals surface area contributed by atoms with Gasteiger partial charge >= 0.3 is 0 Å². The van der Waals surface area contributed by atoms with Crippen molar-refractivity contribution in [1.29, 1.82) is 0 Å². The molecule has 1 aromatic heterocycles. The fraction of sp³-hybridized carbons (Fsp3) is 0.444. The Morgan fingerprint density at radius 1 is 1.33 bits per heavy atom. The van der Waals surface area contributed by atoms with Gasteiger partial charge in [0.2, 0.25) is 0 Å². The molecule has 3 rings (SSSR count). The first-order valence-corrected chi connectivity index (χ1v) is 7.62. The second kappa shape index (κ2) is 5.57. The Labute approximate surface area is 126 Å². The molecule has 0 bridgehead atoms. The Balaban J connectivity index is 1.73. The molecule has 2 atom stereocenters. The van der Waals surface area contributed by atoms with Crippen molar-refractivity contribution in [2.75, 3.05) is 13.1 Å². The molecule has 21 heavy (non-hydrogen) atoms. The van der Waals surface area contributed by atoms with Crippen molar-refractivity contribution in [3.05, 3.63) is 54.0 Å². The molecule has 3 nitrogen and oxygen atoms in total. The van der Waals surface area contributed by atoms with Crippen LogP contribution in [-0.2, 0) is 12.0 Å². The SMILES string of the molecule is C[C@@H]1CN(Cc2ccco2)CC[C@]1(C)c1cccc(O)c1. The van der Waals surface area contributed by atoms with Crippen LogP contribution in [0.3, 0.4) is 0 Å². The highest BCUT2D eigenvalue weighted by Gasteiger charge is 2.38. The van der Waals surface area contributed by atoms with Crippen LogP contribution < -0.4 is 0 Å². The van der Waals surface area contributed by atoms with Crippen LogP contribution in [0.2, 0.25) is 0 Å². The van der Waals surface area contributed by atoms with Crippen LogP contribution in [-0.4, -0.2) is 23.1 Å². The third kappa shape index (κ3) is 2.84. The summed E-state index contributed by atoms with van der Waals surface area (Å²) < 4.78 is 5.45. The second-order valence-corrected chi connectivity index (χ2v) is 6.43. The van der Waals surface area contributed by atoms with E-state index in [0.29, 0.717) is 11.7 Å². The zero-order chi connectivity index (χ0) is 14.9. The lowest BCUT2D eigenvalue weighted by atomic mass is 9.68. The Kier molecular flexibility index (Phi) is 3.77. The maximum atomic E-state index is 9.74. The molecule has 1 aliphatic heterocycles. The third-order valence-corrected chi connectivity index (χ3v) is 5.03. The fourth-order valence-corrected chi connectivity index (χ4v) is 3.37. The predicted octanol–water partition coefficient (Wildman–Crippen LogP) is 3.78. The van der Waals surface area contributed by atoms with Crippen molar-refractivity contribution < 1.29 is 9.52 Å². The molecule has 1 saturated heterocycles. The number of rotatable bonds is 3. The van der Waals surface area contributed by atoms with Gasteiger partial charge in [-0.1, -0.05) is 26.0 Å². The maximum absolute atomic E-state index is 9.74. The minimum atomic E-state index is 0.123. The van der Waals surface area contributed by atoms with Gasteiger partial charge in [-0.25, -0.2) is 0 Å². The molecule has 1 N–H and O–H groups in total. The van der Waals surface area contributed by atoms with E-state index in [4.69, 9.17) is 4.42 Å². The summed E-state index contributed by atoms with van der Waals surface area (Å²) in [6, 6.07) is 11.7.